The fourth-order valence-corrected chi connectivity index (χ4v) is 3.25. The van der Waals surface area contributed by atoms with Gasteiger partial charge >= 0.3 is 0 Å². The minimum absolute atomic E-state index is 0.114. The second kappa shape index (κ2) is 11.3. The van der Waals surface area contributed by atoms with E-state index in [1.165, 1.54) is 9.80 Å². The van der Waals surface area contributed by atoms with Crippen molar-refractivity contribution in [1.82, 2.24) is 14.8 Å². The van der Waals surface area contributed by atoms with E-state index in [0.29, 0.717) is 42.6 Å². The largest absolute Gasteiger partial charge is 0.489 e. The standard InChI is InChI=1S/C22H28N4O5/c1-2-25(10-12-27)20(28)16-26-11-13-30-14-15-31-19-8-4-3-7-18(19)24-21-17(22(26)29)6-5-9-23-21/h3-9,27H,2,10-16H2,1H3,(H,23,24). The maximum absolute atomic E-state index is 13.4. The third-order valence-electron chi connectivity index (χ3n) is 4.89. The van der Waals surface area contributed by atoms with Crippen LogP contribution in [0.2, 0.25) is 0 Å². The van der Waals surface area contributed by atoms with E-state index in [4.69, 9.17) is 9.47 Å². The van der Waals surface area contributed by atoms with Gasteiger partial charge in [0.2, 0.25) is 5.91 Å². The van der Waals surface area contributed by atoms with Crippen molar-refractivity contribution < 1.29 is 24.2 Å². The lowest BCUT2D eigenvalue weighted by atomic mass is 10.2. The van der Waals surface area contributed by atoms with E-state index < -0.39 is 0 Å². The van der Waals surface area contributed by atoms with E-state index in [2.05, 4.69) is 10.3 Å². The highest BCUT2D eigenvalue weighted by Gasteiger charge is 2.24. The summed E-state index contributed by atoms with van der Waals surface area (Å²) in [4.78, 5) is 33.4. The quantitative estimate of drug-likeness (QED) is 0.744. The minimum Gasteiger partial charge on any atom is -0.489 e. The van der Waals surface area contributed by atoms with Gasteiger partial charge in [-0.25, -0.2) is 4.98 Å². The Hall–Kier alpha value is -3.17. The van der Waals surface area contributed by atoms with Gasteiger partial charge in [-0.15, -0.1) is 0 Å². The number of amides is 2. The van der Waals surface area contributed by atoms with Crippen LogP contribution in [0.25, 0.3) is 0 Å². The second-order valence-electron chi connectivity index (χ2n) is 6.91. The van der Waals surface area contributed by atoms with E-state index in [0.717, 1.165) is 0 Å². The number of hydrogen-bond acceptors (Lipinski definition) is 7. The third-order valence-corrected chi connectivity index (χ3v) is 4.89. The maximum Gasteiger partial charge on any atom is 0.258 e. The average molecular weight is 428 g/mol. The van der Waals surface area contributed by atoms with Crippen molar-refractivity contribution in [3.05, 3.63) is 48.2 Å². The summed E-state index contributed by atoms with van der Waals surface area (Å²) in [5, 5.41) is 12.4. The zero-order valence-electron chi connectivity index (χ0n) is 17.6. The van der Waals surface area contributed by atoms with Gasteiger partial charge in [0.25, 0.3) is 5.91 Å². The number of pyridine rings is 1. The molecule has 0 aliphatic carbocycles. The SMILES string of the molecule is CCN(CCO)C(=O)CN1CCOCCOc2ccccc2Nc2ncccc2C1=O. The normalized spacial score (nSPS) is 14.6. The predicted molar refractivity (Wildman–Crippen MR) is 116 cm³/mol. The molecule has 2 aromatic rings. The molecule has 31 heavy (non-hydrogen) atoms. The van der Waals surface area contributed by atoms with Gasteiger partial charge in [-0.2, -0.15) is 0 Å². The van der Waals surface area contributed by atoms with E-state index in [-0.39, 0.29) is 44.7 Å². The van der Waals surface area contributed by atoms with Crippen LogP contribution in [0.15, 0.2) is 42.6 Å². The lowest BCUT2D eigenvalue weighted by Crippen LogP contribution is -2.45. The summed E-state index contributed by atoms with van der Waals surface area (Å²) in [6.45, 7) is 3.46. The Morgan fingerprint density at radius 2 is 2.06 bits per heavy atom. The van der Waals surface area contributed by atoms with Crippen LogP contribution in [0.1, 0.15) is 17.3 Å². The molecule has 2 heterocycles. The van der Waals surface area contributed by atoms with E-state index in [9.17, 15) is 14.7 Å². The Balaban J connectivity index is 1.90. The number of ether oxygens (including phenoxy) is 2. The van der Waals surface area contributed by atoms with Gasteiger partial charge in [-0.05, 0) is 31.2 Å². The van der Waals surface area contributed by atoms with Gasteiger partial charge in [0.05, 0.1) is 31.1 Å². The first-order chi connectivity index (χ1) is 15.1. The fourth-order valence-electron chi connectivity index (χ4n) is 3.25. The summed E-state index contributed by atoms with van der Waals surface area (Å²) >= 11 is 0. The van der Waals surface area contributed by atoms with Crippen molar-refractivity contribution in [3.8, 4) is 5.75 Å². The number of para-hydroxylation sites is 2. The molecule has 9 nitrogen and oxygen atoms in total. The van der Waals surface area contributed by atoms with Crippen molar-refractivity contribution in [2.45, 2.75) is 6.92 Å². The number of nitrogens with one attached hydrogen (secondary N) is 1. The molecule has 0 radical (unpaired) electrons. The van der Waals surface area contributed by atoms with Gasteiger partial charge in [-0.3, -0.25) is 9.59 Å². The summed E-state index contributed by atoms with van der Waals surface area (Å²) in [7, 11) is 0. The van der Waals surface area contributed by atoms with Crippen molar-refractivity contribution in [3.63, 3.8) is 0 Å². The topological polar surface area (TPSA) is 104 Å². The number of carbonyl (C=O) groups excluding carboxylic acids is 2. The van der Waals surface area contributed by atoms with Crippen LogP contribution in [0.4, 0.5) is 11.5 Å². The first-order valence-electron chi connectivity index (χ1n) is 10.3. The van der Waals surface area contributed by atoms with Crippen molar-refractivity contribution in [1.29, 1.82) is 0 Å². The lowest BCUT2D eigenvalue weighted by molar-refractivity contribution is -0.132. The summed E-state index contributed by atoms with van der Waals surface area (Å²) in [6, 6.07) is 10.7. The summed E-state index contributed by atoms with van der Waals surface area (Å²) in [6.07, 6.45) is 1.60. The lowest BCUT2D eigenvalue weighted by Gasteiger charge is -2.27. The zero-order chi connectivity index (χ0) is 22.1. The average Bonchev–Trinajstić information content (AvgIpc) is 2.80. The van der Waals surface area contributed by atoms with Gasteiger partial charge in [0.1, 0.15) is 24.7 Å². The monoisotopic (exact) mass is 428 g/mol. The molecule has 3 rings (SSSR count). The van der Waals surface area contributed by atoms with Gasteiger partial charge in [-0.1, -0.05) is 12.1 Å². The predicted octanol–water partition coefficient (Wildman–Crippen LogP) is 1.52. The first-order valence-corrected chi connectivity index (χ1v) is 10.3. The summed E-state index contributed by atoms with van der Waals surface area (Å²) < 4.78 is 11.4. The highest BCUT2D eigenvalue weighted by atomic mass is 16.5. The van der Waals surface area contributed by atoms with Crippen molar-refractivity contribution in [2.75, 3.05) is 57.9 Å². The van der Waals surface area contributed by atoms with Crippen LogP contribution in [-0.4, -0.2) is 84.3 Å². The van der Waals surface area contributed by atoms with E-state index in [1.807, 2.05) is 31.2 Å². The van der Waals surface area contributed by atoms with Gasteiger partial charge < -0.3 is 29.7 Å². The molecule has 0 atom stereocenters. The molecule has 1 aliphatic rings. The molecular formula is C22H28N4O5. The highest BCUT2D eigenvalue weighted by molar-refractivity contribution is 6.01. The number of likely N-dealkylation sites (N-methyl/N-ethyl adjacent to an activating group) is 1. The van der Waals surface area contributed by atoms with Crippen LogP contribution in [0.5, 0.6) is 5.75 Å². The number of aliphatic hydroxyl groups is 1. The molecule has 0 saturated heterocycles. The van der Waals surface area contributed by atoms with Crippen LogP contribution >= 0.6 is 0 Å². The second-order valence-corrected chi connectivity index (χ2v) is 6.91. The molecule has 0 saturated carbocycles. The molecular weight excluding hydrogens is 400 g/mol. The number of fused-ring (bicyclic) bond motifs is 2. The Bertz CT molecular complexity index is 892. The minimum atomic E-state index is -0.328. The zero-order valence-corrected chi connectivity index (χ0v) is 17.6. The molecule has 166 valence electrons. The number of anilines is 2. The number of benzene rings is 1. The Morgan fingerprint density at radius 1 is 1.23 bits per heavy atom. The Labute approximate surface area is 181 Å². The molecule has 9 heteroatoms. The molecule has 1 aromatic carbocycles. The number of rotatable bonds is 5. The van der Waals surface area contributed by atoms with Crippen LogP contribution < -0.4 is 10.1 Å². The maximum atomic E-state index is 13.4. The Kier molecular flexibility index (Phi) is 8.19. The van der Waals surface area contributed by atoms with E-state index in [1.54, 1.807) is 18.3 Å². The molecule has 0 unspecified atom stereocenters. The summed E-state index contributed by atoms with van der Waals surface area (Å²) in [5.41, 5.74) is 1.02. The molecule has 1 aromatic heterocycles. The number of nitrogens with zero attached hydrogens (tertiary/aromatic N) is 3. The number of aliphatic hydroxyl groups excluding tert-OH is 1. The van der Waals surface area contributed by atoms with Crippen molar-refractivity contribution in [2.24, 2.45) is 0 Å². The van der Waals surface area contributed by atoms with Gasteiger partial charge in [0.15, 0.2) is 0 Å². The molecule has 2 N–H and O–H groups in total. The highest BCUT2D eigenvalue weighted by Crippen LogP contribution is 2.28. The molecule has 0 spiro atoms. The molecule has 2 amide bonds. The van der Waals surface area contributed by atoms with Gasteiger partial charge in [0, 0.05) is 25.8 Å². The number of aromatic nitrogens is 1. The molecule has 0 fully saturated rings. The molecule has 0 bridgehead atoms. The summed E-state index contributed by atoms with van der Waals surface area (Å²) in [5.74, 6) is 0.444. The Morgan fingerprint density at radius 3 is 2.87 bits per heavy atom. The fraction of sp³-hybridized carbons (Fsp3) is 0.409. The van der Waals surface area contributed by atoms with Crippen LogP contribution in [0, 0.1) is 0 Å². The van der Waals surface area contributed by atoms with Crippen LogP contribution in [-0.2, 0) is 9.53 Å². The van der Waals surface area contributed by atoms with E-state index >= 15 is 0 Å². The third kappa shape index (κ3) is 5.93. The van der Waals surface area contributed by atoms with Crippen LogP contribution in [0.3, 0.4) is 0 Å². The molecule has 1 aliphatic heterocycles. The smallest absolute Gasteiger partial charge is 0.258 e. The van der Waals surface area contributed by atoms with Crippen molar-refractivity contribution >= 4 is 23.3 Å². The number of hydrogen-bond donors (Lipinski definition) is 2. The first kappa shape index (κ1) is 22.5. The number of carbonyl (C=O) groups is 2.